The van der Waals surface area contributed by atoms with Crippen molar-refractivity contribution in [3.8, 4) is 0 Å². The summed E-state index contributed by atoms with van der Waals surface area (Å²) < 4.78 is 0. The van der Waals surface area contributed by atoms with Gasteiger partial charge >= 0.3 is 5.97 Å². The average Bonchev–Trinajstić information content (AvgIpc) is 2.15. The van der Waals surface area contributed by atoms with Gasteiger partial charge in [-0.25, -0.2) is 0 Å². The molecule has 4 nitrogen and oxygen atoms in total. The third-order valence-electron chi connectivity index (χ3n) is 1.81. The largest absolute Gasteiger partial charge is 0.480 e. The van der Waals surface area contributed by atoms with Crippen LogP contribution in [0.1, 0.15) is 12.0 Å². The fraction of sp³-hybridized carbons (Fsp3) is 0.333. The van der Waals surface area contributed by atoms with Gasteiger partial charge < -0.3 is 10.8 Å². The Bertz CT molecular complexity index is 274. The maximum Gasteiger partial charge on any atom is 0.320 e. The molecule has 0 bridgehead atoms. The summed E-state index contributed by atoms with van der Waals surface area (Å²) in [4.78, 5) is 14.2. The van der Waals surface area contributed by atoms with Crippen molar-refractivity contribution in [1.29, 1.82) is 0 Å². The minimum atomic E-state index is -0.950. The Balaban J connectivity index is 2.39. The van der Waals surface area contributed by atoms with Gasteiger partial charge in [0.05, 0.1) is 0 Å². The van der Waals surface area contributed by atoms with Crippen LogP contribution in [0.4, 0.5) is 0 Å². The monoisotopic (exact) mass is 180 g/mol. The first-order valence-electron chi connectivity index (χ1n) is 4.07. The molecular formula is C9H12N2O2. The molecular weight excluding hydrogens is 168 g/mol. The van der Waals surface area contributed by atoms with E-state index in [4.69, 9.17) is 10.8 Å². The normalized spacial score (nSPS) is 12.4. The van der Waals surface area contributed by atoms with Gasteiger partial charge in [-0.3, -0.25) is 9.78 Å². The van der Waals surface area contributed by atoms with Crippen LogP contribution in [0.3, 0.4) is 0 Å². The summed E-state index contributed by atoms with van der Waals surface area (Å²) in [7, 11) is 0. The quantitative estimate of drug-likeness (QED) is 0.704. The zero-order valence-corrected chi connectivity index (χ0v) is 7.18. The van der Waals surface area contributed by atoms with E-state index in [2.05, 4.69) is 4.98 Å². The number of carboxylic acids is 1. The fourth-order valence-electron chi connectivity index (χ4n) is 0.995. The lowest BCUT2D eigenvalue weighted by Crippen LogP contribution is -2.30. The summed E-state index contributed by atoms with van der Waals surface area (Å²) in [6, 6.07) is 2.94. The Kier molecular flexibility index (Phi) is 3.40. The van der Waals surface area contributed by atoms with E-state index in [1.165, 1.54) is 0 Å². The van der Waals surface area contributed by atoms with Crippen LogP contribution in [-0.4, -0.2) is 22.1 Å². The van der Waals surface area contributed by atoms with Crippen molar-refractivity contribution in [2.45, 2.75) is 18.9 Å². The minimum absolute atomic E-state index is 0.458. The summed E-state index contributed by atoms with van der Waals surface area (Å²) in [5.74, 6) is -0.950. The minimum Gasteiger partial charge on any atom is -0.480 e. The van der Waals surface area contributed by atoms with Gasteiger partial charge in [-0.15, -0.1) is 0 Å². The van der Waals surface area contributed by atoms with Gasteiger partial charge in [-0.1, -0.05) is 0 Å². The molecule has 1 aromatic rings. The van der Waals surface area contributed by atoms with Crippen molar-refractivity contribution >= 4 is 5.97 Å². The number of carbonyl (C=O) groups is 1. The number of nitrogens with zero attached hydrogens (tertiary/aromatic N) is 1. The number of rotatable bonds is 4. The van der Waals surface area contributed by atoms with Crippen LogP contribution in [0.15, 0.2) is 24.5 Å². The highest BCUT2D eigenvalue weighted by Gasteiger charge is 2.10. The van der Waals surface area contributed by atoms with E-state index in [9.17, 15) is 4.79 Å². The molecule has 1 atom stereocenters. The lowest BCUT2D eigenvalue weighted by Gasteiger charge is -2.05. The van der Waals surface area contributed by atoms with Crippen molar-refractivity contribution in [2.75, 3.05) is 0 Å². The Morgan fingerprint density at radius 1 is 1.54 bits per heavy atom. The van der Waals surface area contributed by atoms with Crippen molar-refractivity contribution in [2.24, 2.45) is 5.73 Å². The average molecular weight is 180 g/mol. The van der Waals surface area contributed by atoms with Gasteiger partial charge in [0.1, 0.15) is 6.04 Å². The molecule has 13 heavy (non-hydrogen) atoms. The van der Waals surface area contributed by atoms with Gasteiger partial charge in [0.15, 0.2) is 0 Å². The Labute approximate surface area is 76.4 Å². The van der Waals surface area contributed by atoms with E-state index >= 15 is 0 Å². The number of carboxylic acid groups (broad SMARTS) is 1. The highest BCUT2D eigenvalue weighted by molar-refractivity contribution is 5.73. The molecule has 0 saturated carbocycles. The summed E-state index contributed by atoms with van der Waals surface area (Å²) in [6.07, 6.45) is 4.50. The second kappa shape index (κ2) is 4.57. The van der Waals surface area contributed by atoms with E-state index in [0.29, 0.717) is 12.8 Å². The van der Waals surface area contributed by atoms with Crippen LogP contribution in [0.25, 0.3) is 0 Å². The van der Waals surface area contributed by atoms with Crippen LogP contribution in [0, 0.1) is 0 Å². The standard InChI is InChI=1S/C9H12N2O2/c10-8(9(12)13)2-1-7-3-5-11-6-4-7/h3-6,8H,1-2,10H2,(H,12,13). The molecule has 0 fully saturated rings. The topological polar surface area (TPSA) is 76.2 Å². The van der Waals surface area contributed by atoms with Crippen LogP contribution >= 0.6 is 0 Å². The maximum absolute atomic E-state index is 10.4. The number of nitrogens with two attached hydrogens (primary N) is 1. The van der Waals surface area contributed by atoms with Gasteiger partial charge in [-0.05, 0) is 30.5 Å². The molecule has 0 aliphatic rings. The molecule has 1 unspecified atom stereocenters. The first-order chi connectivity index (χ1) is 6.20. The lowest BCUT2D eigenvalue weighted by atomic mass is 10.1. The molecule has 1 heterocycles. The maximum atomic E-state index is 10.4. The van der Waals surface area contributed by atoms with Crippen LogP contribution in [0.2, 0.25) is 0 Å². The van der Waals surface area contributed by atoms with E-state index < -0.39 is 12.0 Å². The molecule has 1 aromatic heterocycles. The van der Waals surface area contributed by atoms with Crippen molar-refractivity contribution in [3.05, 3.63) is 30.1 Å². The summed E-state index contributed by atoms with van der Waals surface area (Å²) in [5, 5.41) is 8.52. The molecule has 1 rings (SSSR count). The Hall–Kier alpha value is -1.42. The van der Waals surface area contributed by atoms with Gasteiger partial charge in [0.25, 0.3) is 0 Å². The molecule has 0 spiro atoms. The molecule has 0 aliphatic carbocycles. The zero-order chi connectivity index (χ0) is 9.68. The number of pyridine rings is 1. The van der Waals surface area contributed by atoms with E-state index in [1.54, 1.807) is 12.4 Å². The van der Waals surface area contributed by atoms with Gasteiger partial charge in [-0.2, -0.15) is 0 Å². The molecule has 3 N–H and O–H groups in total. The molecule has 4 heteroatoms. The zero-order valence-electron chi connectivity index (χ0n) is 7.18. The summed E-state index contributed by atoms with van der Waals surface area (Å²) in [6.45, 7) is 0. The van der Waals surface area contributed by atoms with Crippen molar-refractivity contribution in [1.82, 2.24) is 4.98 Å². The van der Waals surface area contributed by atoms with Gasteiger partial charge in [0.2, 0.25) is 0 Å². The third kappa shape index (κ3) is 3.21. The van der Waals surface area contributed by atoms with Crippen LogP contribution in [0.5, 0.6) is 0 Å². The Morgan fingerprint density at radius 2 is 2.15 bits per heavy atom. The number of aryl methyl sites for hydroxylation is 1. The highest BCUT2D eigenvalue weighted by Crippen LogP contribution is 2.02. The first kappa shape index (κ1) is 9.67. The molecule has 70 valence electrons. The fourth-order valence-corrected chi connectivity index (χ4v) is 0.995. The van der Waals surface area contributed by atoms with E-state index in [1.807, 2.05) is 12.1 Å². The molecule has 0 aliphatic heterocycles. The third-order valence-corrected chi connectivity index (χ3v) is 1.81. The first-order valence-corrected chi connectivity index (χ1v) is 4.07. The summed E-state index contributed by atoms with van der Waals surface area (Å²) in [5.41, 5.74) is 6.41. The summed E-state index contributed by atoms with van der Waals surface area (Å²) >= 11 is 0. The molecule has 0 aromatic carbocycles. The van der Waals surface area contributed by atoms with E-state index in [-0.39, 0.29) is 0 Å². The number of hydrogen-bond donors (Lipinski definition) is 2. The molecule has 0 saturated heterocycles. The second-order valence-electron chi connectivity index (χ2n) is 2.84. The Morgan fingerprint density at radius 3 is 2.69 bits per heavy atom. The molecule has 0 radical (unpaired) electrons. The van der Waals surface area contributed by atoms with Crippen LogP contribution < -0.4 is 5.73 Å². The second-order valence-corrected chi connectivity index (χ2v) is 2.84. The van der Waals surface area contributed by atoms with Gasteiger partial charge in [0, 0.05) is 12.4 Å². The lowest BCUT2D eigenvalue weighted by molar-refractivity contribution is -0.138. The molecule has 0 amide bonds. The van der Waals surface area contributed by atoms with Crippen LogP contribution in [-0.2, 0) is 11.2 Å². The number of aromatic nitrogens is 1. The smallest absolute Gasteiger partial charge is 0.320 e. The number of hydrogen-bond acceptors (Lipinski definition) is 3. The predicted molar refractivity (Wildman–Crippen MR) is 48.2 cm³/mol. The van der Waals surface area contributed by atoms with Crippen molar-refractivity contribution < 1.29 is 9.90 Å². The number of aliphatic carboxylic acids is 1. The highest BCUT2D eigenvalue weighted by atomic mass is 16.4. The van der Waals surface area contributed by atoms with E-state index in [0.717, 1.165) is 5.56 Å². The van der Waals surface area contributed by atoms with Crippen molar-refractivity contribution in [3.63, 3.8) is 0 Å². The predicted octanol–water partition coefficient (Wildman–Crippen LogP) is 0.426. The SMILES string of the molecule is NC(CCc1ccncc1)C(=O)O.